The quantitative estimate of drug-likeness (QED) is 0.817. The molecular formula is C20H21N3O4. The van der Waals surface area contributed by atoms with E-state index in [1.54, 1.807) is 32.4 Å². The number of hydrogen-bond donors (Lipinski definition) is 1. The van der Waals surface area contributed by atoms with E-state index in [1.807, 2.05) is 13.0 Å². The van der Waals surface area contributed by atoms with E-state index in [0.29, 0.717) is 35.6 Å². The lowest BCUT2D eigenvalue weighted by molar-refractivity contribution is -0.111. The van der Waals surface area contributed by atoms with Crippen LogP contribution in [0, 0.1) is 5.92 Å². The zero-order valence-corrected chi connectivity index (χ0v) is 15.5. The molecule has 140 valence electrons. The summed E-state index contributed by atoms with van der Waals surface area (Å²) in [5, 5.41) is 2.63. The maximum absolute atomic E-state index is 12.2. The van der Waals surface area contributed by atoms with Crippen molar-refractivity contribution in [2.24, 2.45) is 5.92 Å². The first-order chi connectivity index (χ1) is 13.0. The molecule has 1 aliphatic rings. The van der Waals surface area contributed by atoms with Gasteiger partial charge in [-0.3, -0.25) is 14.9 Å². The lowest BCUT2D eigenvalue weighted by Crippen LogP contribution is -2.21. The van der Waals surface area contributed by atoms with Crippen LogP contribution >= 0.6 is 0 Å². The van der Waals surface area contributed by atoms with Gasteiger partial charge in [-0.1, -0.05) is 13.0 Å². The van der Waals surface area contributed by atoms with Crippen molar-refractivity contribution >= 4 is 23.7 Å². The molecule has 0 fully saturated rings. The number of carbonyl (C=O) groups excluding carboxylic acids is 2. The Morgan fingerprint density at radius 1 is 1.22 bits per heavy atom. The first-order valence-corrected chi connectivity index (χ1v) is 8.60. The molecule has 0 saturated heterocycles. The van der Waals surface area contributed by atoms with Crippen LogP contribution in [0.4, 0.5) is 5.95 Å². The average Bonchev–Trinajstić information content (AvgIpc) is 2.65. The number of hydrogen-bond acceptors (Lipinski definition) is 6. The maximum atomic E-state index is 12.2. The molecule has 0 unspecified atom stereocenters. The highest BCUT2D eigenvalue weighted by Crippen LogP contribution is 2.28. The second-order valence-electron chi connectivity index (χ2n) is 6.43. The molecule has 1 amide bonds. The Balaban J connectivity index is 1.70. The molecule has 1 aromatic carbocycles. The van der Waals surface area contributed by atoms with Gasteiger partial charge in [0.2, 0.25) is 5.95 Å². The molecule has 0 aliphatic heterocycles. The van der Waals surface area contributed by atoms with Gasteiger partial charge in [0.15, 0.2) is 17.3 Å². The fourth-order valence-corrected chi connectivity index (χ4v) is 2.97. The Morgan fingerprint density at radius 2 is 2.00 bits per heavy atom. The van der Waals surface area contributed by atoms with E-state index < -0.39 is 0 Å². The predicted molar refractivity (Wildman–Crippen MR) is 101 cm³/mol. The molecule has 1 aromatic heterocycles. The molecule has 7 heteroatoms. The van der Waals surface area contributed by atoms with Crippen LogP contribution in [0.1, 0.15) is 35.0 Å². The van der Waals surface area contributed by atoms with Gasteiger partial charge in [0.25, 0.3) is 5.91 Å². The molecule has 3 rings (SSSR count). The summed E-state index contributed by atoms with van der Waals surface area (Å²) in [5.74, 6) is 1.32. The molecule has 0 spiro atoms. The second-order valence-corrected chi connectivity index (χ2v) is 6.43. The van der Waals surface area contributed by atoms with Crippen LogP contribution in [0.25, 0.3) is 6.08 Å². The molecule has 7 nitrogen and oxygen atoms in total. The minimum atomic E-state index is -0.361. The zero-order chi connectivity index (χ0) is 19.4. The van der Waals surface area contributed by atoms with Crippen LogP contribution in [0.5, 0.6) is 11.5 Å². The number of anilines is 1. The summed E-state index contributed by atoms with van der Waals surface area (Å²) in [6.07, 6.45) is 5.74. The van der Waals surface area contributed by atoms with Crippen LogP contribution in [-0.4, -0.2) is 35.9 Å². The highest BCUT2D eigenvalue weighted by Gasteiger charge is 2.24. The van der Waals surface area contributed by atoms with E-state index in [-0.39, 0.29) is 23.6 Å². The Hall–Kier alpha value is -3.22. The molecule has 27 heavy (non-hydrogen) atoms. The van der Waals surface area contributed by atoms with Crippen LogP contribution in [0.3, 0.4) is 0 Å². The monoisotopic (exact) mass is 367 g/mol. The largest absolute Gasteiger partial charge is 0.493 e. The summed E-state index contributed by atoms with van der Waals surface area (Å²) in [6.45, 7) is 2.01. The van der Waals surface area contributed by atoms with Gasteiger partial charge in [-0.15, -0.1) is 0 Å². The maximum Gasteiger partial charge on any atom is 0.250 e. The molecular weight excluding hydrogens is 346 g/mol. The minimum Gasteiger partial charge on any atom is -0.493 e. The summed E-state index contributed by atoms with van der Waals surface area (Å²) in [5.41, 5.74) is 2.02. The smallest absolute Gasteiger partial charge is 0.250 e. The van der Waals surface area contributed by atoms with Crippen molar-refractivity contribution < 1.29 is 19.1 Å². The molecule has 1 heterocycles. The fraction of sp³-hybridized carbons (Fsp3) is 0.300. The minimum absolute atomic E-state index is 0.0509. The van der Waals surface area contributed by atoms with E-state index in [9.17, 15) is 9.59 Å². The number of carbonyl (C=O) groups is 2. The lowest BCUT2D eigenvalue weighted by Gasteiger charge is -2.19. The number of ether oxygens (including phenoxy) is 2. The van der Waals surface area contributed by atoms with Crippen molar-refractivity contribution in [3.05, 3.63) is 47.3 Å². The third-order valence-corrected chi connectivity index (χ3v) is 4.31. The van der Waals surface area contributed by atoms with E-state index in [2.05, 4.69) is 15.3 Å². The normalized spacial score (nSPS) is 16.1. The topological polar surface area (TPSA) is 90.4 Å². The van der Waals surface area contributed by atoms with Gasteiger partial charge in [0, 0.05) is 18.7 Å². The highest BCUT2D eigenvalue weighted by molar-refractivity contribution is 6.01. The summed E-state index contributed by atoms with van der Waals surface area (Å²) in [6, 6.07) is 5.35. The van der Waals surface area contributed by atoms with Crippen molar-refractivity contribution in [3.8, 4) is 11.5 Å². The Morgan fingerprint density at radius 3 is 2.74 bits per heavy atom. The van der Waals surface area contributed by atoms with Crippen LogP contribution in [-0.2, 0) is 11.2 Å². The third-order valence-electron chi connectivity index (χ3n) is 4.31. The van der Waals surface area contributed by atoms with Crippen LogP contribution in [0.2, 0.25) is 0 Å². The third kappa shape index (κ3) is 4.31. The van der Waals surface area contributed by atoms with E-state index in [4.69, 9.17) is 9.47 Å². The van der Waals surface area contributed by atoms with Crippen molar-refractivity contribution in [2.75, 3.05) is 19.5 Å². The van der Waals surface area contributed by atoms with Crippen molar-refractivity contribution in [3.63, 3.8) is 0 Å². The molecule has 1 aliphatic carbocycles. The lowest BCUT2D eigenvalue weighted by atomic mass is 9.88. The highest BCUT2D eigenvalue weighted by atomic mass is 16.5. The fourth-order valence-electron chi connectivity index (χ4n) is 2.97. The Labute approximate surface area is 157 Å². The van der Waals surface area contributed by atoms with E-state index in [1.165, 1.54) is 12.3 Å². The first-order valence-electron chi connectivity index (χ1n) is 8.60. The predicted octanol–water partition coefficient (Wildman–Crippen LogP) is 2.91. The van der Waals surface area contributed by atoms with Gasteiger partial charge in [-0.05, 0) is 36.1 Å². The number of fused-ring (bicyclic) bond motifs is 1. The summed E-state index contributed by atoms with van der Waals surface area (Å²) in [4.78, 5) is 32.6. The molecule has 0 saturated carbocycles. The number of methoxy groups -OCH3 is 2. The van der Waals surface area contributed by atoms with Gasteiger partial charge in [-0.2, -0.15) is 0 Å². The molecule has 1 atom stereocenters. The molecule has 1 N–H and O–H groups in total. The van der Waals surface area contributed by atoms with Crippen molar-refractivity contribution in [1.82, 2.24) is 9.97 Å². The van der Waals surface area contributed by atoms with E-state index >= 15 is 0 Å². The Bertz CT molecular complexity index is 908. The number of ketones is 1. The van der Waals surface area contributed by atoms with Gasteiger partial charge in [0.1, 0.15) is 0 Å². The summed E-state index contributed by atoms with van der Waals surface area (Å²) < 4.78 is 10.4. The van der Waals surface area contributed by atoms with Gasteiger partial charge >= 0.3 is 0 Å². The van der Waals surface area contributed by atoms with Crippen molar-refractivity contribution in [2.45, 2.75) is 19.8 Å². The van der Waals surface area contributed by atoms with Crippen molar-refractivity contribution in [1.29, 1.82) is 0 Å². The van der Waals surface area contributed by atoms with Gasteiger partial charge in [-0.25, -0.2) is 9.97 Å². The number of benzene rings is 1. The summed E-state index contributed by atoms with van der Waals surface area (Å²) in [7, 11) is 3.12. The standard InChI is InChI=1S/C20H21N3O4/c1-12-8-15-14(16(24)9-12)11-21-20(22-15)23-19(25)7-5-13-4-6-17(26-2)18(10-13)27-3/h4-7,10-12H,8-9H2,1-3H3,(H,21,22,23,25)/b7-5+/t12-/m1/s1. The molecule has 0 radical (unpaired) electrons. The number of rotatable bonds is 5. The number of amides is 1. The van der Waals surface area contributed by atoms with Gasteiger partial charge in [0.05, 0.1) is 25.5 Å². The number of nitrogens with zero attached hydrogens (tertiary/aromatic N) is 2. The second kappa shape index (κ2) is 7.99. The summed E-state index contributed by atoms with van der Waals surface area (Å²) >= 11 is 0. The molecule has 0 bridgehead atoms. The number of aromatic nitrogens is 2. The van der Waals surface area contributed by atoms with Crippen LogP contribution in [0.15, 0.2) is 30.5 Å². The number of Topliss-reactive ketones (excluding diaryl/α,β-unsaturated/α-hetero) is 1. The van der Waals surface area contributed by atoms with Crippen LogP contribution < -0.4 is 14.8 Å². The van der Waals surface area contributed by atoms with E-state index in [0.717, 1.165) is 5.56 Å². The number of nitrogens with one attached hydrogen (secondary N) is 1. The SMILES string of the molecule is COc1ccc(/C=C/C(=O)Nc2ncc3c(n2)C[C@@H](C)CC3=O)cc1OC. The zero-order valence-electron chi connectivity index (χ0n) is 15.5. The Kier molecular flexibility index (Phi) is 5.49. The average molecular weight is 367 g/mol. The first kappa shape index (κ1) is 18.6. The molecule has 2 aromatic rings. The van der Waals surface area contributed by atoms with Gasteiger partial charge < -0.3 is 9.47 Å².